The van der Waals surface area contributed by atoms with Crippen LogP contribution in [0.1, 0.15) is 57.5 Å². The van der Waals surface area contributed by atoms with E-state index in [1.165, 1.54) is 12.4 Å². The molecule has 13 heteroatoms. The summed E-state index contributed by atoms with van der Waals surface area (Å²) in [5.74, 6) is -0.357. The third-order valence-electron chi connectivity index (χ3n) is 10.5. The SMILES string of the molecule is Nc1nc(OCc2ccc(CNC(=O)c3ccc(C(=O)O)c(-c4c5ccc(=[N+]6CCCC6)cc-5oc5cc(N6CCCC6)ccc45)c3)cc2)c2nc[nH]c2n1. The van der Waals surface area contributed by atoms with Crippen LogP contribution in [0.2, 0.25) is 0 Å². The van der Waals surface area contributed by atoms with E-state index in [4.69, 9.17) is 14.9 Å². The molecule has 3 aromatic carbocycles. The quantitative estimate of drug-likeness (QED) is 0.104. The Bertz CT molecular complexity index is 2630. The maximum atomic E-state index is 13.7. The van der Waals surface area contributed by atoms with E-state index in [1.54, 1.807) is 12.1 Å². The Hall–Kier alpha value is -6.76. The lowest BCUT2D eigenvalue weighted by molar-refractivity contribution is 0.0697. The number of benzene rings is 4. The number of carbonyl (C=O) groups excluding carboxylic acids is 1. The van der Waals surface area contributed by atoms with Gasteiger partial charge in [-0.2, -0.15) is 9.97 Å². The van der Waals surface area contributed by atoms with Crippen LogP contribution < -0.4 is 30.6 Å². The van der Waals surface area contributed by atoms with E-state index in [2.05, 4.69) is 59.0 Å². The first kappa shape index (κ1) is 34.0. The number of rotatable bonds is 9. The first-order valence-corrected chi connectivity index (χ1v) is 18.5. The van der Waals surface area contributed by atoms with Crippen molar-refractivity contribution in [1.82, 2.24) is 29.8 Å². The first-order valence-electron chi connectivity index (χ1n) is 18.5. The molecule has 2 fully saturated rings. The number of aromatic amines is 1. The van der Waals surface area contributed by atoms with Crippen molar-refractivity contribution < 1.29 is 23.8 Å². The summed E-state index contributed by atoms with van der Waals surface area (Å²) in [7, 11) is 0. The number of H-pyrrole nitrogens is 1. The second-order valence-electron chi connectivity index (χ2n) is 14.1. The summed E-state index contributed by atoms with van der Waals surface area (Å²) in [5, 5.41) is 15.3. The van der Waals surface area contributed by atoms with E-state index in [9.17, 15) is 14.7 Å². The molecule has 55 heavy (non-hydrogen) atoms. The number of carbonyl (C=O) groups is 2. The summed E-state index contributed by atoms with van der Waals surface area (Å²) in [6, 6.07) is 24.7. The van der Waals surface area contributed by atoms with Crippen molar-refractivity contribution in [3.05, 3.63) is 113 Å². The Labute approximate surface area is 315 Å². The number of amides is 1. The zero-order chi connectivity index (χ0) is 37.5. The number of nitrogen functional groups attached to an aromatic ring is 1. The molecule has 1 amide bonds. The maximum absolute atomic E-state index is 13.7. The lowest BCUT2D eigenvalue weighted by Gasteiger charge is -2.21. The molecule has 2 aromatic heterocycles. The van der Waals surface area contributed by atoms with Gasteiger partial charge in [-0.3, -0.25) is 4.79 Å². The molecule has 0 atom stereocenters. The molecule has 3 aliphatic heterocycles. The van der Waals surface area contributed by atoms with Crippen molar-refractivity contribution in [1.29, 1.82) is 0 Å². The number of nitrogens with one attached hydrogen (secondary N) is 2. The molecule has 0 bridgehead atoms. The van der Waals surface area contributed by atoms with Gasteiger partial charge in [-0.15, -0.1) is 0 Å². The van der Waals surface area contributed by atoms with Crippen molar-refractivity contribution in [3.8, 4) is 28.3 Å². The van der Waals surface area contributed by atoms with Gasteiger partial charge in [-0.05, 0) is 65.9 Å². The number of hydrogen-bond donors (Lipinski definition) is 4. The van der Waals surface area contributed by atoms with Crippen molar-refractivity contribution in [2.45, 2.75) is 38.8 Å². The monoisotopic (exact) mass is 735 g/mol. The molecule has 0 saturated carbocycles. The van der Waals surface area contributed by atoms with E-state index in [-0.39, 0.29) is 36.5 Å². The summed E-state index contributed by atoms with van der Waals surface area (Å²) in [6.07, 6.45) is 6.08. The Balaban J connectivity index is 1.01. The Morgan fingerprint density at radius 2 is 1.71 bits per heavy atom. The lowest BCUT2D eigenvalue weighted by atomic mass is 9.89. The number of carboxylic acids is 1. The number of fused-ring (bicyclic) bond motifs is 3. The van der Waals surface area contributed by atoms with E-state index in [0.29, 0.717) is 33.6 Å². The van der Waals surface area contributed by atoms with Gasteiger partial charge in [0.2, 0.25) is 17.2 Å². The molecule has 276 valence electrons. The van der Waals surface area contributed by atoms with Gasteiger partial charge < -0.3 is 35.2 Å². The smallest absolute Gasteiger partial charge is 0.336 e. The highest BCUT2D eigenvalue weighted by atomic mass is 16.5. The third-order valence-corrected chi connectivity index (χ3v) is 10.5. The normalized spacial score (nSPS) is 14.3. The highest BCUT2D eigenvalue weighted by Gasteiger charge is 2.25. The predicted molar refractivity (Wildman–Crippen MR) is 209 cm³/mol. The molecule has 0 unspecified atom stereocenters. The fourth-order valence-electron chi connectivity index (χ4n) is 7.70. The number of imidazole rings is 1. The Kier molecular flexibility index (Phi) is 8.81. The standard InChI is InChI=1S/C42H38N8O5/c43-42-47-38-37(45-24-46-38)40(48-42)54-23-26-7-5-25(6-8-26)22-44-39(51)27-9-12-30(41(52)53)33(19-27)36-31-13-10-28(49-15-1-2-16-49)20-34(31)55-35-21-29(11-14-32(35)36)50-17-3-4-18-50/h5-14,19-21,24H,1-4,15-18,22-23H2,(H4-,43,44,45,46,47,48,51,52,53)/p+1. The summed E-state index contributed by atoms with van der Waals surface area (Å²) < 4.78 is 14.9. The summed E-state index contributed by atoms with van der Waals surface area (Å²) in [6.45, 7) is 4.44. The molecule has 0 radical (unpaired) electrons. The molecule has 2 saturated heterocycles. The molecular formula is C42H39N8O5+. The molecule has 4 aliphatic rings. The van der Waals surface area contributed by atoms with Crippen molar-refractivity contribution in [3.63, 3.8) is 0 Å². The van der Waals surface area contributed by atoms with Gasteiger partial charge in [0.1, 0.15) is 31.0 Å². The van der Waals surface area contributed by atoms with E-state index < -0.39 is 5.97 Å². The zero-order valence-electron chi connectivity index (χ0n) is 30.0. The molecular weight excluding hydrogens is 697 g/mol. The minimum Gasteiger partial charge on any atom is -0.478 e. The van der Waals surface area contributed by atoms with Crippen LogP contribution in [-0.4, -0.2) is 63.1 Å². The van der Waals surface area contributed by atoms with Crippen LogP contribution in [0.4, 0.5) is 11.6 Å². The first-order chi connectivity index (χ1) is 26.9. The fourth-order valence-corrected chi connectivity index (χ4v) is 7.70. The Morgan fingerprint density at radius 3 is 2.51 bits per heavy atom. The Morgan fingerprint density at radius 1 is 0.909 bits per heavy atom. The third kappa shape index (κ3) is 6.69. The highest BCUT2D eigenvalue weighted by Crippen LogP contribution is 2.42. The van der Waals surface area contributed by atoms with E-state index in [0.717, 1.165) is 90.5 Å². The summed E-state index contributed by atoms with van der Waals surface area (Å²) in [4.78, 5) is 44.2. The van der Waals surface area contributed by atoms with Crippen LogP contribution in [0.5, 0.6) is 5.88 Å². The van der Waals surface area contributed by atoms with Crippen LogP contribution in [0.3, 0.4) is 0 Å². The minimum atomic E-state index is -1.08. The number of carboxylic acid groups (broad SMARTS) is 1. The second-order valence-corrected chi connectivity index (χ2v) is 14.1. The summed E-state index contributed by atoms with van der Waals surface area (Å²) >= 11 is 0. The molecule has 9 rings (SSSR count). The average molecular weight is 736 g/mol. The summed E-state index contributed by atoms with van der Waals surface area (Å²) in [5.41, 5.74) is 12.7. The van der Waals surface area contributed by atoms with Crippen LogP contribution in [-0.2, 0) is 13.2 Å². The molecule has 1 aliphatic carbocycles. The maximum Gasteiger partial charge on any atom is 0.336 e. The van der Waals surface area contributed by atoms with Gasteiger partial charge >= 0.3 is 5.97 Å². The lowest BCUT2D eigenvalue weighted by Crippen LogP contribution is -2.26. The van der Waals surface area contributed by atoms with Gasteiger partial charge in [0.25, 0.3) is 5.91 Å². The number of anilines is 2. The molecule has 5 N–H and O–H groups in total. The number of ether oxygens (including phenoxy) is 1. The fraction of sp³-hybridized carbons (Fsp3) is 0.238. The number of aromatic carboxylic acids is 1. The molecule has 0 spiro atoms. The molecule has 13 nitrogen and oxygen atoms in total. The van der Waals surface area contributed by atoms with Crippen molar-refractivity contribution >= 4 is 45.6 Å². The zero-order valence-corrected chi connectivity index (χ0v) is 30.0. The van der Waals surface area contributed by atoms with Gasteiger partial charge in [-0.1, -0.05) is 24.3 Å². The predicted octanol–water partition coefficient (Wildman–Crippen LogP) is 5.83. The van der Waals surface area contributed by atoms with Crippen LogP contribution >= 0.6 is 0 Å². The highest BCUT2D eigenvalue weighted by molar-refractivity contribution is 6.09. The molecule has 5 heterocycles. The number of nitrogens with zero attached hydrogens (tertiary/aromatic N) is 5. The van der Waals surface area contributed by atoms with Crippen molar-refractivity contribution in [2.24, 2.45) is 0 Å². The minimum absolute atomic E-state index is 0.0848. The van der Waals surface area contributed by atoms with Gasteiger partial charge in [-0.25, -0.2) is 14.4 Å². The van der Waals surface area contributed by atoms with Gasteiger partial charge in [0.05, 0.1) is 18.0 Å². The topological polar surface area (TPSA) is 176 Å². The van der Waals surface area contributed by atoms with Crippen LogP contribution in [0.25, 0.3) is 44.6 Å². The van der Waals surface area contributed by atoms with Crippen LogP contribution in [0.15, 0.2) is 89.6 Å². The number of nitrogens with two attached hydrogens (primary N) is 1. The number of hydrogen-bond acceptors (Lipinski definition) is 9. The largest absolute Gasteiger partial charge is 0.478 e. The van der Waals surface area contributed by atoms with Gasteiger partial charge in [0.15, 0.2) is 11.2 Å². The average Bonchev–Trinajstić information content (AvgIpc) is 4.02. The van der Waals surface area contributed by atoms with Crippen LogP contribution in [0, 0.1) is 0 Å². The van der Waals surface area contributed by atoms with E-state index >= 15 is 0 Å². The number of aromatic nitrogens is 4. The van der Waals surface area contributed by atoms with Crippen molar-refractivity contribution in [2.75, 3.05) is 36.8 Å². The molecule has 5 aromatic rings. The van der Waals surface area contributed by atoms with E-state index in [1.807, 2.05) is 36.4 Å². The van der Waals surface area contributed by atoms with Gasteiger partial charge in [0, 0.05) is 72.4 Å². The second kappa shape index (κ2) is 14.2.